The minimum Gasteiger partial charge on any atom is -0.348 e. The molecule has 1 aliphatic carbocycles. The summed E-state index contributed by atoms with van der Waals surface area (Å²) in [5.74, 6) is 2.00. The molecule has 0 unspecified atom stereocenters. The minimum absolute atomic E-state index is 0.0929. The molecule has 1 saturated carbocycles. The van der Waals surface area contributed by atoms with Crippen molar-refractivity contribution in [3.05, 3.63) is 35.9 Å². The molecule has 1 N–H and O–H groups in total. The zero-order valence-electron chi connectivity index (χ0n) is 14.4. The van der Waals surface area contributed by atoms with E-state index >= 15 is 0 Å². The van der Waals surface area contributed by atoms with Gasteiger partial charge in [-0.25, -0.2) is 0 Å². The van der Waals surface area contributed by atoms with E-state index in [0.29, 0.717) is 24.0 Å². The van der Waals surface area contributed by atoms with Gasteiger partial charge in [-0.2, -0.15) is 0 Å². The topological polar surface area (TPSA) is 49.4 Å². The Hall–Kier alpha value is -1.20. The Kier molecular flexibility index (Phi) is 6.06. The molecule has 1 aromatic carbocycles. The molecule has 0 radical (unpaired) electrons. The number of amides is 1. The maximum absolute atomic E-state index is 12.7. The van der Waals surface area contributed by atoms with E-state index in [-0.39, 0.29) is 18.0 Å². The first-order chi connectivity index (χ1) is 11.6. The summed E-state index contributed by atoms with van der Waals surface area (Å²) in [5, 5.41) is 3.30. The Labute approximate surface area is 147 Å². The van der Waals surface area contributed by atoms with Gasteiger partial charge in [0.05, 0.1) is 12.6 Å². The molecule has 132 valence electrons. The summed E-state index contributed by atoms with van der Waals surface area (Å²) in [5.41, 5.74) is 1.21. The Balaban J connectivity index is 1.64. The summed E-state index contributed by atoms with van der Waals surface area (Å²) >= 11 is 0. The van der Waals surface area contributed by atoms with Gasteiger partial charge in [0.25, 0.3) is 0 Å². The highest BCUT2D eigenvalue weighted by molar-refractivity contribution is 7.85. The van der Waals surface area contributed by atoms with Crippen molar-refractivity contribution >= 4 is 16.7 Å². The summed E-state index contributed by atoms with van der Waals surface area (Å²) in [6, 6.07) is 10.7. The average molecular weight is 349 g/mol. The molecule has 0 aromatic heterocycles. The van der Waals surface area contributed by atoms with Gasteiger partial charge in [-0.15, -0.1) is 0 Å². The normalized spacial score (nSPS) is 27.0. The van der Waals surface area contributed by atoms with Gasteiger partial charge in [0.2, 0.25) is 5.91 Å². The van der Waals surface area contributed by atoms with Crippen molar-refractivity contribution in [2.24, 2.45) is 5.92 Å². The third-order valence-corrected chi connectivity index (χ3v) is 6.84. The molecule has 1 saturated heterocycles. The first-order valence-electron chi connectivity index (χ1n) is 9.07. The summed E-state index contributed by atoms with van der Waals surface area (Å²) in [6.07, 6.45) is 4.91. The Morgan fingerprint density at radius 1 is 1.29 bits per heavy atom. The maximum Gasteiger partial charge on any atom is 0.234 e. The number of hydrogen-bond donors (Lipinski definition) is 1. The second-order valence-electron chi connectivity index (χ2n) is 7.13. The van der Waals surface area contributed by atoms with E-state index in [1.54, 1.807) is 0 Å². The molecule has 3 atom stereocenters. The van der Waals surface area contributed by atoms with E-state index < -0.39 is 10.8 Å². The van der Waals surface area contributed by atoms with E-state index in [1.165, 1.54) is 31.2 Å². The van der Waals surface area contributed by atoms with Crippen LogP contribution in [0.25, 0.3) is 0 Å². The molecule has 1 aliphatic heterocycles. The third-order valence-electron chi connectivity index (χ3n) is 5.35. The Morgan fingerprint density at radius 3 is 2.67 bits per heavy atom. The van der Waals surface area contributed by atoms with Gasteiger partial charge in [-0.1, -0.05) is 43.2 Å². The van der Waals surface area contributed by atoms with E-state index in [2.05, 4.69) is 29.3 Å². The predicted molar refractivity (Wildman–Crippen MR) is 98.2 cm³/mol. The first-order valence-corrected chi connectivity index (χ1v) is 10.6. The highest BCUT2D eigenvalue weighted by atomic mass is 32.2. The van der Waals surface area contributed by atoms with Crippen LogP contribution in [-0.2, 0) is 15.6 Å². The lowest BCUT2D eigenvalue weighted by atomic mass is 9.91. The van der Waals surface area contributed by atoms with Crippen LogP contribution in [0.5, 0.6) is 0 Å². The fourth-order valence-electron chi connectivity index (χ4n) is 3.96. The van der Waals surface area contributed by atoms with Gasteiger partial charge in [0.15, 0.2) is 0 Å². The monoisotopic (exact) mass is 348 g/mol. The third kappa shape index (κ3) is 4.45. The van der Waals surface area contributed by atoms with Crippen LogP contribution in [0.3, 0.4) is 0 Å². The van der Waals surface area contributed by atoms with Crippen molar-refractivity contribution in [1.82, 2.24) is 10.2 Å². The van der Waals surface area contributed by atoms with Gasteiger partial charge >= 0.3 is 0 Å². The van der Waals surface area contributed by atoms with Crippen LogP contribution < -0.4 is 5.32 Å². The summed E-state index contributed by atoms with van der Waals surface area (Å²) in [6.45, 7) is 3.23. The quantitative estimate of drug-likeness (QED) is 0.889. The van der Waals surface area contributed by atoms with E-state index in [1.807, 2.05) is 18.2 Å². The zero-order chi connectivity index (χ0) is 16.9. The minimum atomic E-state index is -0.722. The molecule has 1 heterocycles. The molecule has 0 bridgehead atoms. The molecule has 2 fully saturated rings. The number of nitrogens with zero attached hydrogens (tertiary/aromatic N) is 1. The molecule has 0 spiro atoms. The maximum atomic E-state index is 12.7. The van der Waals surface area contributed by atoms with Gasteiger partial charge in [0.1, 0.15) is 0 Å². The van der Waals surface area contributed by atoms with Crippen LogP contribution in [0.1, 0.15) is 44.2 Å². The summed E-state index contributed by atoms with van der Waals surface area (Å²) in [7, 11) is -0.722. The van der Waals surface area contributed by atoms with Gasteiger partial charge < -0.3 is 5.32 Å². The van der Waals surface area contributed by atoms with Crippen molar-refractivity contribution in [3.63, 3.8) is 0 Å². The van der Waals surface area contributed by atoms with Crippen molar-refractivity contribution in [3.8, 4) is 0 Å². The number of rotatable bonds is 5. The molecule has 1 aromatic rings. The zero-order valence-corrected chi connectivity index (χ0v) is 15.3. The van der Waals surface area contributed by atoms with E-state index in [9.17, 15) is 9.00 Å². The Morgan fingerprint density at radius 2 is 2.00 bits per heavy atom. The van der Waals surface area contributed by atoms with Gasteiger partial charge in [0, 0.05) is 34.9 Å². The number of nitrogens with one attached hydrogen (secondary N) is 1. The predicted octanol–water partition coefficient (Wildman–Crippen LogP) is 2.49. The van der Waals surface area contributed by atoms with Crippen LogP contribution in [0.4, 0.5) is 0 Å². The number of carbonyl (C=O) groups excluding carboxylic acids is 1. The van der Waals surface area contributed by atoms with Gasteiger partial charge in [-0.05, 0) is 31.2 Å². The van der Waals surface area contributed by atoms with Crippen molar-refractivity contribution in [1.29, 1.82) is 0 Å². The SMILES string of the molecule is C[C@@H]1C[S@@](=O)CCN1CC(=O)N[C@@H](c1ccccc1)C1CCCC1. The smallest absolute Gasteiger partial charge is 0.234 e. The van der Waals surface area contributed by atoms with Crippen LogP contribution in [0.15, 0.2) is 30.3 Å². The fraction of sp³-hybridized carbons (Fsp3) is 0.632. The molecule has 2 aliphatic rings. The van der Waals surface area contributed by atoms with E-state index in [4.69, 9.17) is 0 Å². The molecular weight excluding hydrogens is 320 g/mol. The Bertz CT molecular complexity index is 572. The van der Waals surface area contributed by atoms with Crippen molar-refractivity contribution in [2.45, 2.75) is 44.7 Å². The lowest BCUT2D eigenvalue weighted by Gasteiger charge is -2.33. The second kappa shape index (κ2) is 8.26. The molecular formula is C19H28N2O2S. The summed E-state index contributed by atoms with van der Waals surface area (Å²) < 4.78 is 11.6. The highest BCUT2D eigenvalue weighted by Gasteiger charge is 2.29. The molecule has 3 rings (SSSR count). The van der Waals surface area contributed by atoms with Crippen molar-refractivity contribution < 1.29 is 9.00 Å². The van der Waals surface area contributed by atoms with Crippen LogP contribution in [0.2, 0.25) is 0 Å². The summed E-state index contributed by atoms with van der Waals surface area (Å²) in [4.78, 5) is 14.8. The highest BCUT2D eigenvalue weighted by Crippen LogP contribution is 2.35. The van der Waals surface area contributed by atoms with Crippen LogP contribution in [0, 0.1) is 5.92 Å². The number of hydrogen-bond acceptors (Lipinski definition) is 3. The lowest BCUT2D eigenvalue weighted by Crippen LogP contribution is -2.49. The van der Waals surface area contributed by atoms with E-state index in [0.717, 1.165) is 6.54 Å². The van der Waals surface area contributed by atoms with Crippen molar-refractivity contribution in [2.75, 3.05) is 24.6 Å². The molecule has 4 nitrogen and oxygen atoms in total. The lowest BCUT2D eigenvalue weighted by molar-refractivity contribution is -0.123. The first kappa shape index (κ1) is 17.6. The second-order valence-corrected chi connectivity index (χ2v) is 8.75. The number of benzene rings is 1. The van der Waals surface area contributed by atoms with Crippen LogP contribution >= 0.6 is 0 Å². The molecule has 5 heteroatoms. The fourth-order valence-corrected chi connectivity index (χ4v) is 5.31. The molecule has 1 amide bonds. The van der Waals surface area contributed by atoms with Crippen LogP contribution in [-0.4, -0.2) is 45.7 Å². The molecule has 24 heavy (non-hydrogen) atoms. The largest absolute Gasteiger partial charge is 0.348 e. The van der Waals surface area contributed by atoms with Gasteiger partial charge in [-0.3, -0.25) is 13.9 Å². The number of carbonyl (C=O) groups is 1. The average Bonchev–Trinajstić information content (AvgIpc) is 3.10. The standard InChI is InChI=1S/C19H28N2O2S/c1-15-14-24(23)12-11-21(15)13-18(22)20-19(17-9-5-6-10-17)16-7-3-2-4-8-16/h2-4,7-8,15,17,19H,5-6,9-14H2,1H3,(H,20,22)/t15-,19+,24+/m1/s1.